The zero-order chi connectivity index (χ0) is 17.4. The van der Waals surface area contributed by atoms with Gasteiger partial charge in [0.1, 0.15) is 5.75 Å². The van der Waals surface area contributed by atoms with Crippen LogP contribution in [0.4, 0.5) is 11.4 Å². The molecular weight excluding hydrogens is 346 g/mol. The number of anilines is 2. The van der Waals surface area contributed by atoms with E-state index in [1.807, 2.05) is 25.1 Å². The van der Waals surface area contributed by atoms with Crippen LogP contribution in [0.3, 0.4) is 0 Å². The minimum Gasteiger partial charge on any atom is -0.516 e. The third kappa shape index (κ3) is 2.74. The summed E-state index contributed by atoms with van der Waals surface area (Å²) in [7, 11) is -0.584. The van der Waals surface area contributed by atoms with Crippen LogP contribution in [0.25, 0.3) is 11.1 Å². The van der Waals surface area contributed by atoms with Gasteiger partial charge in [-0.05, 0) is 42.7 Å². The van der Waals surface area contributed by atoms with Crippen molar-refractivity contribution in [1.82, 2.24) is 0 Å². The van der Waals surface area contributed by atoms with Crippen LogP contribution >= 0.6 is 11.8 Å². The fourth-order valence-electron chi connectivity index (χ4n) is 3.19. The molecule has 0 aliphatic carbocycles. The summed E-state index contributed by atoms with van der Waals surface area (Å²) in [4.78, 5) is 11.7. The standard InChI is InChI=1S/C20H17NO2SSi/c1-12-13(2)19(23-25-22)18-20(17(12)14-8-4-3-5-9-14)24-16-11-7-6-10-15(16)21-18/h3-11,21-22H,1-2H3. The predicted molar refractivity (Wildman–Crippen MR) is 104 cm³/mol. The van der Waals surface area contributed by atoms with Crippen LogP contribution in [-0.4, -0.2) is 14.8 Å². The number of hydrogen-bond acceptors (Lipinski definition) is 4. The third-order valence-corrected chi connectivity index (χ3v) is 6.01. The van der Waals surface area contributed by atoms with E-state index in [4.69, 9.17) is 4.43 Å². The quantitative estimate of drug-likeness (QED) is 0.498. The van der Waals surface area contributed by atoms with Crippen molar-refractivity contribution in [2.75, 3.05) is 5.32 Å². The second-order valence-corrected chi connectivity index (χ2v) is 7.38. The van der Waals surface area contributed by atoms with Gasteiger partial charge in [0.25, 0.3) is 0 Å². The van der Waals surface area contributed by atoms with Crippen LogP contribution < -0.4 is 9.74 Å². The number of benzene rings is 3. The summed E-state index contributed by atoms with van der Waals surface area (Å²) >= 11 is 1.75. The smallest absolute Gasteiger partial charge is 0.516 e. The predicted octanol–water partition coefficient (Wildman–Crippen LogP) is 5.08. The van der Waals surface area contributed by atoms with E-state index >= 15 is 0 Å². The van der Waals surface area contributed by atoms with E-state index < -0.39 is 10.0 Å². The summed E-state index contributed by atoms with van der Waals surface area (Å²) in [5.41, 5.74) is 6.62. The van der Waals surface area contributed by atoms with Crippen LogP contribution in [-0.2, 0) is 0 Å². The number of hydrogen-bond donors (Lipinski definition) is 2. The van der Waals surface area contributed by atoms with Crippen LogP contribution in [0.2, 0.25) is 0 Å². The second kappa shape index (κ2) is 6.59. The van der Waals surface area contributed by atoms with Crippen molar-refractivity contribution in [3.05, 3.63) is 65.7 Å². The first-order chi connectivity index (χ1) is 12.2. The highest BCUT2D eigenvalue weighted by atomic mass is 32.2. The number of rotatable bonds is 3. The lowest BCUT2D eigenvalue weighted by Gasteiger charge is -2.28. The maximum atomic E-state index is 9.39. The van der Waals surface area contributed by atoms with Gasteiger partial charge < -0.3 is 14.5 Å². The Morgan fingerprint density at radius 1 is 0.960 bits per heavy atom. The Labute approximate surface area is 154 Å². The molecule has 0 fully saturated rings. The van der Waals surface area contributed by atoms with E-state index in [-0.39, 0.29) is 0 Å². The molecule has 0 amide bonds. The van der Waals surface area contributed by atoms with Gasteiger partial charge in [-0.3, -0.25) is 0 Å². The van der Waals surface area contributed by atoms with Crippen molar-refractivity contribution in [3.63, 3.8) is 0 Å². The van der Waals surface area contributed by atoms with E-state index in [1.165, 1.54) is 21.6 Å². The number of fused-ring (bicyclic) bond motifs is 2. The topological polar surface area (TPSA) is 41.5 Å². The van der Waals surface area contributed by atoms with Crippen molar-refractivity contribution in [2.45, 2.75) is 23.6 Å². The molecule has 0 aromatic heterocycles. The van der Waals surface area contributed by atoms with E-state index in [2.05, 4.69) is 48.6 Å². The van der Waals surface area contributed by atoms with Crippen molar-refractivity contribution in [1.29, 1.82) is 0 Å². The molecular formula is C20H17NO2SSi. The molecule has 1 heterocycles. The van der Waals surface area contributed by atoms with Crippen LogP contribution in [0, 0.1) is 13.8 Å². The summed E-state index contributed by atoms with van der Waals surface area (Å²) in [5, 5.41) is 3.52. The lowest BCUT2D eigenvalue weighted by Crippen LogP contribution is -2.10. The van der Waals surface area contributed by atoms with Gasteiger partial charge in [0.15, 0.2) is 0 Å². The third-order valence-electron chi connectivity index (χ3n) is 4.53. The Balaban J connectivity index is 2.00. The van der Waals surface area contributed by atoms with E-state index in [0.717, 1.165) is 27.6 Å². The molecule has 25 heavy (non-hydrogen) atoms. The molecule has 0 atom stereocenters. The maximum absolute atomic E-state index is 9.39. The van der Waals surface area contributed by atoms with Gasteiger partial charge in [-0.25, -0.2) is 0 Å². The van der Waals surface area contributed by atoms with Gasteiger partial charge in [0.05, 0.1) is 11.4 Å². The maximum Gasteiger partial charge on any atom is 0.518 e. The first-order valence-electron chi connectivity index (χ1n) is 8.03. The fourth-order valence-corrected chi connectivity index (χ4v) is 4.75. The van der Waals surface area contributed by atoms with E-state index in [9.17, 15) is 4.80 Å². The molecule has 1 aliphatic heterocycles. The zero-order valence-electron chi connectivity index (χ0n) is 14.0. The molecule has 5 heteroatoms. The second-order valence-electron chi connectivity index (χ2n) is 5.94. The molecule has 3 nitrogen and oxygen atoms in total. The minimum atomic E-state index is -0.584. The molecule has 0 saturated heterocycles. The average Bonchev–Trinajstić information content (AvgIpc) is 2.65. The first-order valence-corrected chi connectivity index (χ1v) is 9.70. The zero-order valence-corrected chi connectivity index (χ0v) is 15.8. The Kier molecular flexibility index (Phi) is 4.29. The summed E-state index contributed by atoms with van der Waals surface area (Å²) in [6.07, 6.45) is 0. The van der Waals surface area contributed by atoms with E-state index in [1.54, 1.807) is 11.8 Å². The van der Waals surface area contributed by atoms with Gasteiger partial charge in [-0.2, -0.15) is 0 Å². The Morgan fingerprint density at radius 2 is 1.68 bits per heavy atom. The summed E-state index contributed by atoms with van der Waals surface area (Å²) in [5.74, 6) is 0.731. The van der Waals surface area contributed by atoms with Gasteiger partial charge in [-0.1, -0.05) is 54.2 Å². The van der Waals surface area contributed by atoms with Crippen LogP contribution in [0.15, 0.2) is 64.4 Å². The number of para-hydroxylation sites is 1. The fraction of sp³-hybridized carbons (Fsp3) is 0.100. The molecule has 0 spiro atoms. The van der Waals surface area contributed by atoms with Gasteiger partial charge in [0.2, 0.25) is 0 Å². The van der Waals surface area contributed by atoms with Crippen LogP contribution in [0.1, 0.15) is 11.1 Å². The minimum absolute atomic E-state index is 0.584. The summed E-state index contributed by atoms with van der Waals surface area (Å²) in [6, 6.07) is 18.7. The molecule has 0 bridgehead atoms. The molecule has 4 rings (SSSR count). The molecule has 3 aromatic rings. The molecule has 3 aromatic carbocycles. The van der Waals surface area contributed by atoms with Crippen molar-refractivity contribution >= 4 is 33.1 Å². The lowest BCUT2D eigenvalue weighted by atomic mass is 9.95. The lowest BCUT2D eigenvalue weighted by molar-refractivity contribution is 0.452. The highest BCUT2D eigenvalue weighted by Gasteiger charge is 2.27. The average molecular weight is 364 g/mol. The molecule has 1 aliphatic rings. The largest absolute Gasteiger partial charge is 0.518 e. The Hall–Kier alpha value is -2.21. The first kappa shape index (κ1) is 16.3. The molecule has 2 N–H and O–H groups in total. The van der Waals surface area contributed by atoms with Gasteiger partial charge in [-0.15, -0.1) is 0 Å². The highest BCUT2D eigenvalue weighted by Crippen LogP contribution is 2.54. The molecule has 124 valence electrons. The van der Waals surface area contributed by atoms with Gasteiger partial charge in [0, 0.05) is 15.4 Å². The molecule has 0 saturated carbocycles. The number of nitrogens with one attached hydrogen (secondary N) is 1. The highest BCUT2D eigenvalue weighted by molar-refractivity contribution is 8.00. The molecule has 2 radical (unpaired) electrons. The normalized spacial score (nSPS) is 12.1. The Morgan fingerprint density at radius 3 is 2.44 bits per heavy atom. The van der Waals surface area contributed by atoms with Crippen molar-refractivity contribution in [3.8, 4) is 16.9 Å². The molecule has 0 unspecified atom stereocenters. The van der Waals surface area contributed by atoms with Gasteiger partial charge >= 0.3 is 10.0 Å². The Bertz CT molecular complexity index is 944. The van der Waals surface area contributed by atoms with E-state index in [0.29, 0.717) is 0 Å². The van der Waals surface area contributed by atoms with Crippen molar-refractivity contribution in [2.24, 2.45) is 0 Å². The SMILES string of the molecule is Cc1c(C)c(-c2ccccc2)c2c(c1O[Si]O)Nc1ccccc1S2. The summed E-state index contributed by atoms with van der Waals surface area (Å²) < 4.78 is 5.63. The monoisotopic (exact) mass is 363 g/mol. The van der Waals surface area contributed by atoms with Crippen molar-refractivity contribution < 1.29 is 9.22 Å². The van der Waals surface area contributed by atoms with Crippen LogP contribution in [0.5, 0.6) is 5.75 Å². The summed E-state index contributed by atoms with van der Waals surface area (Å²) in [6.45, 7) is 4.16.